The Morgan fingerprint density at radius 1 is 1.10 bits per heavy atom. The number of hydrogen-bond donors (Lipinski definition) is 1. The van der Waals surface area contributed by atoms with E-state index >= 15 is 0 Å². The van der Waals surface area contributed by atoms with Crippen molar-refractivity contribution in [3.63, 3.8) is 0 Å². The average molecular weight is 301 g/mol. The molecule has 0 unspecified atom stereocenters. The predicted octanol–water partition coefficient (Wildman–Crippen LogP) is 4.11. The van der Waals surface area contributed by atoms with Crippen LogP contribution < -0.4 is 5.32 Å². The summed E-state index contributed by atoms with van der Waals surface area (Å²) in [5, 5.41) is 2.47. The van der Waals surface area contributed by atoms with Gasteiger partial charge in [0.05, 0.1) is 18.4 Å². The summed E-state index contributed by atoms with van der Waals surface area (Å²) in [6.45, 7) is 1.87. The molecule has 0 atom stereocenters. The van der Waals surface area contributed by atoms with Gasteiger partial charge in [-0.1, -0.05) is 29.8 Å². The van der Waals surface area contributed by atoms with Crippen molar-refractivity contribution in [2.45, 2.75) is 11.8 Å². The minimum atomic E-state index is -0.473. The Labute approximate surface area is 127 Å². The second-order valence-electron chi connectivity index (χ2n) is 4.37. The fourth-order valence-electron chi connectivity index (χ4n) is 1.78. The second kappa shape index (κ2) is 6.95. The molecule has 0 saturated carbocycles. The molecule has 0 bridgehead atoms. The van der Waals surface area contributed by atoms with E-state index in [1.807, 2.05) is 43.3 Å². The Morgan fingerprint density at radius 3 is 2.48 bits per heavy atom. The van der Waals surface area contributed by atoms with Crippen molar-refractivity contribution < 1.29 is 14.3 Å². The van der Waals surface area contributed by atoms with Crippen molar-refractivity contribution in [3.05, 3.63) is 59.7 Å². The molecule has 0 radical (unpaired) electrons. The number of amides is 1. The minimum Gasteiger partial charge on any atom is -0.465 e. The molecule has 5 heteroatoms. The van der Waals surface area contributed by atoms with Gasteiger partial charge in [-0.25, -0.2) is 4.79 Å². The summed E-state index contributed by atoms with van der Waals surface area (Å²) in [5.41, 5.74) is 1.71. The minimum absolute atomic E-state index is 0.254. The van der Waals surface area contributed by atoms with Gasteiger partial charge in [0.2, 0.25) is 0 Å². The molecule has 0 aliphatic rings. The van der Waals surface area contributed by atoms with E-state index in [2.05, 4.69) is 5.32 Å². The van der Waals surface area contributed by atoms with Crippen molar-refractivity contribution in [1.82, 2.24) is 0 Å². The maximum Gasteiger partial charge on any atom is 0.339 e. The molecule has 0 heterocycles. The molecular formula is C16H15NO3S. The molecule has 2 aromatic carbocycles. The van der Waals surface area contributed by atoms with E-state index in [0.717, 1.165) is 22.2 Å². The van der Waals surface area contributed by atoms with Gasteiger partial charge in [0, 0.05) is 4.90 Å². The summed E-state index contributed by atoms with van der Waals surface area (Å²) in [5.74, 6) is -0.473. The van der Waals surface area contributed by atoms with Crippen LogP contribution in [0.25, 0.3) is 0 Å². The number of rotatable bonds is 3. The monoisotopic (exact) mass is 301 g/mol. The van der Waals surface area contributed by atoms with E-state index < -0.39 is 5.97 Å². The van der Waals surface area contributed by atoms with Crippen LogP contribution >= 0.6 is 11.8 Å². The summed E-state index contributed by atoms with van der Waals surface area (Å²) < 4.78 is 4.73. The van der Waals surface area contributed by atoms with Gasteiger partial charge in [0.25, 0.3) is 5.24 Å². The normalized spacial score (nSPS) is 10.0. The van der Waals surface area contributed by atoms with Crippen molar-refractivity contribution in [3.8, 4) is 0 Å². The first kappa shape index (κ1) is 15.1. The third-order valence-corrected chi connectivity index (χ3v) is 3.57. The maximum absolute atomic E-state index is 12.0. The molecule has 0 aliphatic heterocycles. The highest BCUT2D eigenvalue weighted by atomic mass is 32.2. The van der Waals surface area contributed by atoms with Crippen LogP contribution in [0.2, 0.25) is 0 Å². The van der Waals surface area contributed by atoms with Crippen molar-refractivity contribution >= 4 is 28.7 Å². The Balaban J connectivity index is 2.15. The lowest BCUT2D eigenvalue weighted by molar-refractivity contribution is 0.0602. The highest BCUT2D eigenvalue weighted by Gasteiger charge is 2.14. The lowest BCUT2D eigenvalue weighted by Crippen LogP contribution is -2.11. The molecule has 0 saturated heterocycles. The van der Waals surface area contributed by atoms with E-state index in [4.69, 9.17) is 4.74 Å². The van der Waals surface area contributed by atoms with Crippen LogP contribution in [-0.4, -0.2) is 18.3 Å². The standard InChI is InChI=1S/C16H15NO3S/c1-11-8-9-14(13(10-11)15(18)20-2)17-16(19)21-12-6-4-3-5-7-12/h3-10H,1-2H3,(H,17,19). The molecule has 2 aromatic rings. The zero-order valence-corrected chi connectivity index (χ0v) is 12.6. The maximum atomic E-state index is 12.0. The van der Waals surface area contributed by atoms with Gasteiger partial charge in [-0.2, -0.15) is 0 Å². The van der Waals surface area contributed by atoms with Gasteiger partial charge >= 0.3 is 5.97 Å². The second-order valence-corrected chi connectivity index (χ2v) is 5.41. The number of methoxy groups -OCH3 is 1. The molecule has 1 amide bonds. The summed E-state index contributed by atoms with van der Waals surface area (Å²) in [6, 6.07) is 14.5. The highest BCUT2D eigenvalue weighted by molar-refractivity contribution is 8.13. The van der Waals surface area contributed by atoms with E-state index in [9.17, 15) is 9.59 Å². The molecule has 0 spiro atoms. The highest BCUT2D eigenvalue weighted by Crippen LogP contribution is 2.23. The van der Waals surface area contributed by atoms with Crippen molar-refractivity contribution in [1.29, 1.82) is 0 Å². The molecule has 0 aromatic heterocycles. The lowest BCUT2D eigenvalue weighted by atomic mass is 10.1. The molecule has 4 nitrogen and oxygen atoms in total. The fourth-order valence-corrected chi connectivity index (χ4v) is 2.45. The molecule has 0 fully saturated rings. The SMILES string of the molecule is COC(=O)c1cc(C)ccc1NC(=O)Sc1ccccc1. The van der Waals surface area contributed by atoms with Crippen LogP contribution in [0.3, 0.4) is 0 Å². The van der Waals surface area contributed by atoms with E-state index in [-0.39, 0.29) is 5.24 Å². The van der Waals surface area contributed by atoms with Crippen LogP contribution in [0.4, 0.5) is 10.5 Å². The van der Waals surface area contributed by atoms with Crippen molar-refractivity contribution in [2.75, 3.05) is 12.4 Å². The van der Waals surface area contributed by atoms with Gasteiger partial charge < -0.3 is 10.1 Å². The topological polar surface area (TPSA) is 55.4 Å². The number of anilines is 1. The number of hydrogen-bond acceptors (Lipinski definition) is 4. The van der Waals surface area contributed by atoms with Gasteiger partial charge in [-0.05, 0) is 43.0 Å². The fraction of sp³-hybridized carbons (Fsp3) is 0.125. The van der Waals surface area contributed by atoms with Gasteiger partial charge in [0.15, 0.2) is 0 Å². The summed E-state index contributed by atoms with van der Waals surface area (Å²) in [6.07, 6.45) is 0. The Bertz CT molecular complexity index is 656. The summed E-state index contributed by atoms with van der Waals surface area (Å²) >= 11 is 1.07. The third-order valence-electron chi connectivity index (χ3n) is 2.77. The van der Waals surface area contributed by atoms with Gasteiger partial charge in [-0.15, -0.1) is 0 Å². The number of carbonyl (C=O) groups is 2. The van der Waals surface area contributed by atoms with Crippen molar-refractivity contribution in [2.24, 2.45) is 0 Å². The Morgan fingerprint density at radius 2 is 1.81 bits per heavy atom. The van der Waals surface area contributed by atoms with Crippen LogP contribution in [0.1, 0.15) is 15.9 Å². The first-order chi connectivity index (χ1) is 10.1. The van der Waals surface area contributed by atoms with Gasteiger partial charge in [-0.3, -0.25) is 4.79 Å². The summed E-state index contributed by atoms with van der Waals surface area (Å²) in [7, 11) is 1.31. The quantitative estimate of drug-likeness (QED) is 0.685. The van der Waals surface area contributed by atoms with E-state index in [1.54, 1.807) is 12.1 Å². The van der Waals surface area contributed by atoms with Gasteiger partial charge in [0.1, 0.15) is 0 Å². The first-order valence-electron chi connectivity index (χ1n) is 6.33. The zero-order chi connectivity index (χ0) is 15.2. The molecule has 21 heavy (non-hydrogen) atoms. The third kappa shape index (κ3) is 4.10. The Kier molecular flexibility index (Phi) is 5.00. The molecular weight excluding hydrogens is 286 g/mol. The van der Waals surface area contributed by atoms with Crippen LogP contribution in [0, 0.1) is 6.92 Å². The number of aryl methyl sites for hydroxylation is 1. The van der Waals surface area contributed by atoms with E-state index in [0.29, 0.717) is 11.3 Å². The summed E-state index contributed by atoms with van der Waals surface area (Å²) in [4.78, 5) is 24.6. The lowest BCUT2D eigenvalue weighted by Gasteiger charge is -2.10. The number of ether oxygens (including phenoxy) is 1. The number of thioether (sulfide) groups is 1. The largest absolute Gasteiger partial charge is 0.465 e. The Hall–Kier alpha value is -2.27. The number of nitrogens with one attached hydrogen (secondary N) is 1. The first-order valence-corrected chi connectivity index (χ1v) is 7.14. The molecule has 108 valence electrons. The van der Waals surface area contributed by atoms with Crippen LogP contribution in [0.15, 0.2) is 53.4 Å². The smallest absolute Gasteiger partial charge is 0.339 e. The van der Waals surface area contributed by atoms with Crippen LogP contribution in [0.5, 0.6) is 0 Å². The van der Waals surface area contributed by atoms with Crippen LogP contribution in [-0.2, 0) is 4.74 Å². The number of esters is 1. The molecule has 0 aliphatic carbocycles. The number of benzene rings is 2. The zero-order valence-electron chi connectivity index (χ0n) is 11.8. The number of carbonyl (C=O) groups excluding carboxylic acids is 2. The van der Waals surface area contributed by atoms with E-state index in [1.165, 1.54) is 7.11 Å². The average Bonchev–Trinajstić information content (AvgIpc) is 2.49. The molecule has 1 N–H and O–H groups in total. The predicted molar refractivity (Wildman–Crippen MR) is 83.8 cm³/mol. The molecule has 2 rings (SSSR count).